The number of nitrogens with zero attached hydrogens (tertiary/aromatic N) is 3. The molecule has 6 heteroatoms. The zero-order chi connectivity index (χ0) is 16.5. The minimum Gasteiger partial charge on any atom is -0.340 e. The van der Waals surface area contributed by atoms with E-state index in [-0.39, 0.29) is 11.3 Å². The van der Waals surface area contributed by atoms with Gasteiger partial charge in [0.2, 0.25) is 5.91 Å². The molecule has 5 nitrogen and oxygen atoms in total. The van der Waals surface area contributed by atoms with Crippen LogP contribution in [0, 0.1) is 11.3 Å². The molecule has 1 fully saturated rings. The Bertz CT molecular complexity index is 909. The maximum Gasteiger partial charge on any atom is 0.234 e. The number of amides is 1. The second kappa shape index (κ2) is 6.02. The molecule has 0 bridgehead atoms. The molecule has 1 unspecified atom stereocenters. The molecule has 1 aromatic heterocycles. The van der Waals surface area contributed by atoms with Gasteiger partial charge in [-0.05, 0) is 29.8 Å². The van der Waals surface area contributed by atoms with Crippen molar-refractivity contribution in [2.75, 3.05) is 5.75 Å². The molecule has 2 aromatic carbocycles. The number of imidazole rings is 1. The van der Waals surface area contributed by atoms with Crippen molar-refractivity contribution in [1.29, 1.82) is 5.26 Å². The van der Waals surface area contributed by atoms with Crippen LogP contribution in [0.15, 0.2) is 48.5 Å². The van der Waals surface area contributed by atoms with Crippen molar-refractivity contribution in [3.8, 4) is 6.07 Å². The Hall–Kier alpha value is -2.78. The SMILES string of the molecule is N#Cc1ccc(C2SCC(=O)N2Cc2nc3ccccc3[nH]2)cc1. The third-order valence-electron chi connectivity index (χ3n) is 4.05. The van der Waals surface area contributed by atoms with Crippen LogP contribution >= 0.6 is 11.8 Å². The van der Waals surface area contributed by atoms with Crippen LogP contribution in [0.1, 0.15) is 22.3 Å². The first-order valence-electron chi connectivity index (χ1n) is 7.59. The van der Waals surface area contributed by atoms with Gasteiger partial charge < -0.3 is 9.88 Å². The van der Waals surface area contributed by atoms with Crippen molar-refractivity contribution < 1.29 is 4.79 Å². The fraction of sp³-hybridized carbons (Fsp3) is 0.167. The quantitative estimate of drug-likeness (QED) is 0.798. The molecule has 1 amide bonds. The molecule has 1 N–H and O–H groups in total. The molecule has 118 valence electrons. The number of hydrogen-bond donors (Lipinski definition) is 1. The Morgan fingerprint density at radius 2 is 2.04 bits per heavy atom. The Morgan fingerprint density at radius 1 is 1.25 bits per heavy atom. The summed E-state index contributed by atoms with van der Waals surface area (Å²) in [6.45, 7) is 0.450. The molecule has 1 saturated heterocycles. The standard InChI is InChI=1S/C18H14N4OS/c19-9-12-5-7-13(8-6-12)18-22(17(23)11-24-18)10-16-20-14-3-1-2-4-15(14)21-16/h1-8,18H,10-11H2,(H,20,21). The van der Waals surface area contributed by atoms with Gasteiger partial charge in [0.25, 0.3) is 0 Å². The third kappa shape index (κ3) is 2.63. The summed E-state index contributed by atoms with van der Waals surface area (Å²) in [4.78, 5) is 22.0. The van der Waals surface area contributed by atoms with Gasteiger partial charge in [-0.1, -0.05) is 24.3 Å². The van der Waals surface area contributed by atoms with Gasteiger partial charge in [-0.15, -0.1) is 11.8 Å². The second-order valence-electron chi connectivity index (χ2n) is 5.62. The summed E-state index contributed by atoms with van der Waals surface area (Å²) < 4.78 is 0. The van der Waals surface area contributed by atoms with Gasteiger partial charge in [0.1, 0.15) is 11.2 Å². The maximum atomic E-state index is 12.3. The largest absolute Gasteiger partial charge is 0.340 e. The number of aromatic nitrogens is 2. The van der Waals surface area contributed by atoms with Gasteiger partial charge in [0, 0.05) is 0 Å². The molecule has 0 saturated carbocycles. The van der Waals surface area contributed by atoms with Gasteiger partial charge in [0.05, 0.1) is 35.0 Å². The molecule has 24 heavy (non-hydrogen) atoms. The van der Waals surface area contributed by atoms with Crippen LogP contribution < -0.4 is 0 Å². The number of H-pyrrole nitrogens is 1. The average Bonchev–Trinajstić information content (AvgIpc) is 3.19. The summed E-state index contributed by atoms with van der Waals surface area (Å²) in [7, 11) is 0. The number of carbonyl (C=O) groups excluding carboxylic acids is 1. The molecule has 0 spiro atoms. The number of rotatable bonds is 3. The lowest BCUT2D eigenvalue weighted by Crippen LogP contribution is -2.28. The zero-order valence-corrected chi connectivity index (χ0v) is 13.6. The Morgan fingerprint density at radius 3 is 2.79 bits per heavy atom. The minimum atomic E-state index is -0.0431. The van der Waals surface area contributed by atoms with E-state index in [0.717, 1.165) is 22.4 Å². The number of hydrogen-bond acceptors (Lipinski definition) is 4. The van der Waals surface area contributed by atoms with Crippen molar-refractivity contribution in [1.82, 2.24) is 14.9 Å². The van der Waals surface area contributed by atoms with E-state index in [9.17, 15) is 4.79 Å². The number of fused-ring (bicyclic) bond motifs is 1. The van der Waals surface area contributed by atoms with Crippen LogP contribution in [0.3, 0.4) is 0 Å². The lowest BCUT2D eigenvalue weighted by atomic mass is 10.1. The highest BCUT2D eigenvalue weighted by molar-refractivity contribution is 8.00. The number of carbonyl (C=O) groups is 1. The van der Waals surface area contributed by atoms with Crippen LogP contribution in [-0.2, 0) is 11.3 Å². The number of thioether (sulfide) groups is 1. The highest BCUT2D eigenvalue weighted by Gasteiger charge is 2.33. The fourth-order valence-corrected chi connectivity index (χ4v) is 4.05. The molecule has 2 heterocycles. The molecule has 1 aliphatic rings. The average molecular weight is 334 g/mol. The van der Waals surface area contributed by atoms with Crippen LogP contribution in [0.5, 0.6) is 0 Å². The van der Waals surface area contributed by atoms with Crippen molar-refractivity contribution in [2.45, 2.75) is 11.9 Å². The van der Waals surface area contributed by atoms with E-state index in [1.807, 2.05) is 41.3 Å². The van der Waals surface area contributed by atoms with E-state index in [1.165, 1.54) is 0 Å². The van der Waals surface area contributed by atoms with Crippen LogP contribution in [0.25, 0.3) is 11.0 Å². The van der Waals surface area contributed by atoms with Gasteiger partial charge >= 0.3 is 0 Å². The Labute approximate surface area is 143 Å². The summed E-state index contributed by atoms with van der Waals surface area (Å²) in [5.74, 6) is 1.35. The highest BCUT2D eigenvalue weighted by Crippen LogP contribution is 2.39. The molecule has 0 radical (unpaired) electrons. The van der Waals surface area contributed by atoms with Crippen LogP contribution in [0.4, 0.5) is 0 Å². The van der Waals surface area contributed by atoms with Crippen molar-refractivity contribution >= 4 is 28.7 Å². The second-order valence-corrected chi connectivity index (χ2v) is 6.69. The molecular formula is C18H14N4OS. The summed E-state index contributed by atoms with van der Waals surface area (Å²) in [5.41, 5.74) is 3.53. The molecule has 3 aromatic rings. The van der Waals surface area contributed by atoms with E-state index in [2.05, 4.69) is 16.0 Å². The van der Waals surface area contributed by atoms with E-state index < -0.39 is 0 Å². The van der Waals surface area contributed by atoms with Gasteiger partial charge in [0.15, 0.2) is 0 Å². The van der Waals surface area contributed by atoms with E-state index in [4.69, 9.17) is 5.26 Å². The minimum absolute atomic E-state index is 0.0431. The number of aromatic amines is 1. The van der Waals surface area contributed by atoms with E-state index >= 15 is 0 Å². The Kier molecular flexibility index (Phi) is 3.71. The summed E-state index contributed by atoms with van der Waals surface area (Å²) in [5, 5.41) is 8.88. The highest BCUT2D eigenvalue weighted by atomic mass is 32.2. The lowest BCUT2D eigenvalue weighted by molar-refractivity contribution is -0.128. The van der Waals surface area contributed by atoms with Crippen molar-refractivity contribution in [3.63, 3.8) is 0 Å². The van der Waals surface area contributed by atoms with Crippen LogP contribution in [-0.4, -0.2) is 26.5 Å². The first-order chi connectivity index (χ1) is 11.7. The molecule has 1 atom stereocenters. The number of para-hydroxylation sites is 2. The summed E-state index contributed by atoms with van der Waals surface area (Å²) >= 11 is 1.60. The molecule has 4 rings (SSSR count). The number of benzene rings is 2. The summed E-state index contributed by atoms with van der Waals surface area (Å²) in [6, 6.07) is 17.4. The zero-order valence-electron chi connectivity index (χ0n) is 12.8. The van der Waals surface area contributed by atoms with E-state index in [1.54, 1.807) is 23.9 Å². The van der Waals surface area contributed by atoms with Gasteiger partial charge in [-0.3, -0.25) is 4.79 Å². The normalized spacial score (nSPS) is 17.4. The van der Waals surface area contributed by atoms with Gasteiger partial charge in [-0.25, -0.2) is 4.98 Å². The smallest absolute Gasteiger partial charge is 0.234 e. The molecule has 0 aliphatic carbocycles. The third-order valence-corrected chi connectivity index (χ3v) is 5.31. The first-order valence-corrected chi connectivity index (χ1v) is 8.64. The van der Waals surface area contributed by atoms with Crippen LogP contribution in [0.2, 0.25) is 0 Å². The van der Waals surface area contributed by atoms with Crippen molar-refractivity contribution in [3.05, 3.63) is 65.5 Å². The fourth-order valence-electron chi connectivity index (χ4n) is 2.87. The molecular weight excluding hydrogens is 320 g/mol. The first kappa shape index (κ1) is 14.8. The number of nitriles is 1. The van der Waals surface area contributed by atoms with E-state index in [0.29, 0.717) is 17.9 Å². The predicted octanol–water partition coefficient (Wildman–Crippen LogP) is 3.21. The van der Waals surface area contributed by atoms with Gasteiger partial charge in [-0.2, -0.15) is 5.26 Å². The van der Waals surface area contributed by atoms with Crippen molar-refractivity contribution in [2.24, 2.45) is 0 Å². The maximum absolute atomic E-state index is 12.3. The monoisotopic (exact) mass is 334 g/mol. The lowest BCUT2D eigenvalue weighted by Gasteiger charge is -2.23. The topological polar surface area (TPSA) is 72.8 Å². The number of nitrogens with one attached hydrogen (secondary N) is 1. The predicted molar refractivity (Wildman–Crippen MR) is 93.0 cm³/mol. The summed E-state index contributed by atoms with van der Waals surface area (Å²) in [6.07, 6.45) is 0. The molecule has 1 aliphatic heterocycles. The Balaban J connectivity index is 1.61.